The lowest BCUT2D eigenvalue weighted by Gasteiger charge is -2.26. The van der Waals surface area contributed by atoms with Crippen LogP contribution in [0.2, 0.25) is 0 Å². The van der Waals surface area contributed by atoms with E-state index in [9.17, 15) is 24.3 Å². The van der Waals surface area contributed by atoms with Gasteiger partial charge in [-0.05, 0) is 58.4 Å². The third-order valence-electron chi connectivity index (χ3n) is 8.09. The van der Waals surface area contributed by atoms with E-state index < -0.39 is 48.1 Å². The maximum atomic E-state index is 13.4. The van der Waals surface area contributed by atoms with Crippen molar-refractivity contribution in [2.45, 2.75) is 65.3 Å². The Labute approximate surface area is 287 Å². The van der Waals surface area contributed by atoms with E-state index in [0.717, 1.165) is 16.7 Å². The van der Waals surface area contributed by atoms with Crippen LogP contribution < -0.4 is 26.6 Å². The van der Waals surface area contributed by atoms with Gasteiger partial charge in [-0.2, -0.15) is 0 Å². The van der Waals surface area contributed by atoms with Crippen LogP contribution in [0.25, 0.3) is 11.1 Å². The predicted octanol–water partition coefficient (Wildman–Crippen LogP) is 4.64. The molecule has 3 rings (SSSR count). The second-order valence-electron chi connectivity index (χ2n) is 12.4. The van der Waals surface area contributed by atoms with Crippen molar-refractivity contribution in [2.75, 3.05) is 31.4 Å². The maximum absolute atomic E-state index is 13.4. The topological polar surface area (TPSA) is 180 Å². The Morgan fingerprint density at radius 2 is 1.37 bits per heavy atom. The zero-order chi connectivity index (χ0) is 36.1. The van der Waals surface area contributed by atoms with E-state index in [2.05, 4.69) is 36.3 Å². The average Bonchev–Trinajstić information content (AvgIpc) is 3.09. The molecule has 0 fully saturated rings. The van der Waals surface area contributed by atoms with E-state index in [-0.39, 0.29) is 18.4 Å². The van der Waals surface area contributed by atoms with Crippen molar-refractivity contribution in [1.82, 2.24) is 20.9 Å². The van der Waals surface area contributed by atoms with E-state index in [1.807, 2.05) is 49.5 Å². The number of carbonyl (C=O) groups is 4. The number of methoxy groups -OCH3 is 2. The number of amides is 4. The second-order valence-corrected chi connectivity index (χ2v) is 12.4. The standard InChI is InChI=1S/C36H48N6O7/c1-21(2)31(41-35(46)48-6)33(44)39-27-14-15-29(40-34(45)32(22(3)4)42-36(47)49-7)28(17-27)23(5)30(43)20-38-18-24-10-12-25(13-11-24)26-9-8-16-37-19-26/h8-17,19,21-23,30-32,38,43H,18,20H2,1-7H3,(H,39,44)(H,40,45)(H,41,46)(H,42,47)/t23-,30+,31-,32-/m0/s1. The van der Waals surface area contributed by atoms with Crippen LogP contribution in [0.5, 0.6) is 0 Å². The van der Waals surface area contributed by atoms with Crippen molar-refractivity contribution < 1.29 is 33.8 Å². The number of nitrogens with zero attached hydrogens (tertiary/aromatic N) is 1. The zero-order valence-corrected chi connectivity index (χ0v) is 29.1. The van der Waals surface area contributed by atoms with Gasteiger partial charge in [0.15, 0.2) is 0 Å². The van der Waals surface area contributed by atoms with Crippen LogP contribution in [-0.4, -0.2) is 73.0 Å². The van der Waals surface area contributed by atoms with Gasteiger partial charge in [0.1, 0.15) is 12.1 Å². The van der Waals surface area contributed by atoms with Crippen molar-refractivity contribution >= 4 is 35.4 Å². The maximum Gasteiger partial charge on any atom is 0.407 e. The number of carbonyl (C=O) groups excluding carboxylic acids is 4. The van der Waals surface area contributed by atoms with Crippen LogP contribution in [0, 0.1) is 11.8 Å². The van der Waals surface area contributed by atoms with E-state index >= 15 is 0 Å². The van der Waals surface area contributed by atoms with E-state index in [4.69, 9.17) is 4.74 Å². The summed E-state index contributed by atoms with van der Waals surface area (Å²) < 4.78 is 9.36. The molecule has 3 aromatic rings. The molecule has 4 atom stereocenters. The minimum absolute atomic E-state index is 0.229. The molecule has 1 heterocycles. The molecule has 0 bridgehead atoms. The molecule has 6 N–H and O–H groups in total. The third-order valence-corrected chi connectivity index (χ3v) is 8.09. The highest BCUT2D eigenvalue weighted by Gasteiger charge is 2.28. The summed E-state index contributed by atoms with van der Waals surface area (Å²) in [4.78, 5) is 54.5. The lowest BCUT2D eigenvalue weighted by atomic mass is 9.92. The van der Waals surface area contributed by atoms with Gasteiger partial charge in [-0.25, -0.2) is 9.59 Å². The molecule has 49 heavy (non-hydrogen) atoms. The van der Waals surface area contributed by atoms with Gasteiger partial charge >= 0.3 is 12.2 Å². The first-order valence-electron chi connectivity index (χ1n) is 16.2. The molecule has 13 nitrogen and oxygen atoms in total. The summed E-state index contributed by atoms with van der Waals surface area (Å²) in [6, 6.07) is 15.1. The number of hydrogen-bond donors (Lipinski definition) is 6. The highest BCUT2D eigenvalue weighted by molar-refractivity contribution is 5.99. The molecule has 0 aliphatic rings. The third kappa shape index (κ3) is 11.3. The molecule has 0 aliphatic carbocycles. The molecule has 4 amide bonds. The molecule has 13 heteroatoms. The summed E-state index contributed by atoms with van der Waals surface area (Å²) in [6.07, 6.45) is 1.17. The Morgan fingerprint density at radius 3 is 1.90 bits per heavy atom. The summed E-state index contributed by atoms with van der Waals surface area (Å²) in [7, 11) is 2.43. The van der Waals surface area contributed by atoms with Crippen LogP contribution >= 0.6 is 0 Å². The van der Waals surface area contributed by atoms with Crippen LogP contribution in [0.3, 0.4) is 0 Å². The Morgan fingerprint density at radius 1 is 0.776 bits per heavy atom. The monoisotopic (exact) mass is 676 g/mol. The van der Waals surface area contributed by atoms with Crippen molar-refractivity contribution in [3.63, 3.8) is 0 Å². The molecule has 0 aliphatic heterocycles. The van der Waals surface area contributed by atoms with Gasteiger partial charge in [-0.1, -0.05) is 65.0 Å². The first-order valence-corrected chi connectivity index (χ1v) is 16.2. The minimum atomic E-state index is -0.901. The number of pyridine rings is 1. The number of nitrogens with one attached hydrogen (secondary N) is 5. The molecule has 0 saturated heterocycles. The van der Waals surface area contributed by atoms with Crippen LogP contribution in [0.15, 0.2) is 67.0 Å². The average molecular weight is 677 g/mol. The van der Waals surface area contributed by atoms with E-state index in [1.54, 1.807) is 52.1 Å². The highest BCUT2D eigenvalue weighted by Crippen LogP contribution is 2.31. The van der Waals surface area contributed by atoms with Gasteiger partial charge in [-0.3, -0.25) is 14.6 Å². The lowest BCUT2D eigenvalue weighted by molar-refractivity contribution is -0.119. The summed E-state index contributed by atoms with van der Waals surface area (Å²) in [6.45, 7) is 9.71. The number of benzene rings is 2. The number of aliphatic hydroxyl groups is 1. The number of rotatable bonds is 15. The fraction of sp³-hybridized carbons (Fsp3) is 0.417. The van der Waals surface area contributed by atoms with Gasteiger partial charge in [-0.15, -0.1) is 0 Å². The lowest BCUT2D eigenvalue weighted by Crippen LogP contribution is -2.47. The zero-order valence-electron chi connectivity index (χ0n) is 29.1. The van der Waals surface area contributed by atoms with Crippen molar-refractivity contribution in [1.29, 1.82) is 0 Å². The highest BCUT2D eigenvalue weighted by atomic mass is 16.5. The van der Waals surface area contributed by atoms with Gasteiger partial charge in [0.25, 0.3) is 0 Å². The molecule has 0 unspecified atom stereocenters. The molecule has 2 aromatic carbocycles. The summed E-state index contributed by atoms with van der Waals surface area (Å²) >= 11 is 0. The van der Waals surface area contributed by atoms with Crippen LogP contribution in [-0.2, 0) is 25.6 Å². The quantitative estimate of drug-likeness (QED) is 0.134. The molecule has 0 saturated carbocycles. The number of ether oxygens (including phenoxy) is 2. The van der Waals surface area contributed by atoms with Gasteiger partial charge < -0.3 is 41.2 Å². The number of aliphatic hydroxyl groups excluding tert-OH is 1. The predicted molar refractivity (Wildman–Crippen MR) is 188 cm³/mol. The fourth-order valence-electron chi connectivity index (χ4n) is 5.10. The summed E-state index contributed by atoms with van der Waals surface area (Å²) in [5, 5.41) is 25.4. The first kappa shape index (κ1) is 38.4. The van der Waals surface area contributed by atoms with E-state index in [1.165, 1.54) is 14.2 Å². The number of alkyl carbamates (subject to hydrolysis) is 2. The smallest absolute Gasteiger partial charge is 0.407 e. The van der Waals surface area contributed by atoms with Crippen molar-refractivity contribution in [2.24, 2.45) is 11.8 Å². The van der Waals surface area contributed by atoms with Gasteiger partial charge in [0, 0.05) is 42.8 Å². The summed E-state index contributed by atoms with van der Waals surface area (Å²) in [5.74, 6) is -1.97. The molecular weight excluding hydrogens is 628 g/mol. The number of aromatic nitrogens is 1. The van der Waals surface area contributed by atoms with Crippen LogP contribution in [0.4, 0.5) is 21.0 Å². The number of hydrogen-bond acceptors (Lipinski definition) is 9. The largest absolute Gasteiger partial charge is 0.453 e. The van der Waals surface area contributed by atoms with Crippen molar-refractivity contribution in [3.8, 4) is 11.1 Å². The minimum Gasteiger partial charge on any atom is -0.453 e. The Balaban J connectivity index is 1.81. The SMILES string of the molecule is COC(=O)N[C@H](C(=O)Nc1ccc(NC(=O)[C@@H](NC(=O)OC)C(C)C)c([C@H](C)[C@H](O)CNCc2ccc(-c3cccnc3)cc2)c1)C(C)C. The molecular formula is C36H48N6O7. The fourth-order valence-corrected chi connectivity index (χ4v) is 5.10. The first-order chi connectivity index (χ1) is 23.3. The molecule has 1 aromatic heterocycles. The Hall–Kier alpha value is -5.01. The number of anilines is 2. The molecule has 264 valence electrons. The van der Waals surface area contributed by atoms with Gasteiger partial charge in [0.05, 0.1) is 20.3 Å². The normalized spacial score (nSPS) is 13.5. The Kier molecular flexibility index (Phi) is 14.5. The summed E-state index contributed by atoms with van der Waals surface area (Å²) in [5.41, 5.74) is 4.43. The molecule has 0 radical (unpaired) electrons. The molecule has 0 spiro atoms. The van der Waals surface area contributed by atoms with E-state index in [0.29, 0.717) is 23.5 Å². The van der Waals surface area contributed by atoms with Crippen molar-refractivity contribution in [3.05, 3.63) is 78.1 Å². The Bertz CT molecular complexity index is 1550. The second kappa shape index (κ2) is 18.5. The van der Waals surface area contributed by atoms with Crippen LogP contribution in [0.1, 0.15) is 51.7 Å². The van der Waals surface area contributed by atoms with Gasteiger partial charge in [0.2, 0.25) is 11.8 Å².